The van der Waals surface area contributed by atoms with Crippen LogP contribution in [0.4, 0.5) is 0 Å². The van der Waals surface area contributed by atoms with Crippen molar-refractivity contribution in [2.24, 2.45) is 11.8 Å². The zero-order valence-corrected chi connectivity index (χ0v) is 20.2. The number of hydrogen-bond acceptors (Lipinski definition) is 5. The summed E-state index contributed by atoms with van der Waals surface area (Å²) in [7, 11) is 0. The third-order valence-corrected chi connectivity index (χ3v) is 6.43. The van der Waals surface area contributed by atoms with Gasteiger partial charge in [-0.1, -0.05) is 37.6 Å². The number of hydrogen-bond donors (Lipinski definition) is 1. The fraction of sp³-hybridized carbons (Fsp3) is 0.480. The lowest BCUT2D eigenvalue weighted by atomic mass is 9.96. The molecule has 3 aromatic rings. The summed E-state index contributed by atoms with van der Waals surface area (Å²) in [5.74, 6) is 0.843. The average molecular weight is 471 g/mol. The minimum absolute atomic E-state index is 0.219. The molecule has 0 spiro atoms. The number of nitrogens with one attached hydrogen (secondary N) is 1. The molecule has 1 aliphatic rings. The molecule has 0 radical (unpaired) electrons. The Morgan fingerprint density at radius 1 is 1.30 bits per heavy atom. The second-order valence-electron chi connectivity index (χ2n) is 9.37. The molecule has 0 bridgehead atoms. The van der Waals surface area contributed by atoms with Gasteiger partial charge in [-0.15, -0.1) is 0 Å². The molecular formula is C25H31ClN4O3. The summed E-state index contributed by atoms with van der Waals surface area (Å²) in [6.07, 6.45) is 3.51. The van der Waals surface area contributed by atoms with Crippen LogP contribution in [-0.4, -0.2) is 40.0 Å². The van der Waals surface area contributed by atoms with Crippen LogP contribution < -0.4 is 10.9 Å². The molecule has 1 amide bonds. The Labute approximate surface area is 198 Å². The van der Waals surface area contributed by atoms with Crippen molar-refractivity contribution >= 4 is 28.6 Å². The number of amides is 1. The third kappa shape index (κ3) is 5.47. The summed E-state index contributed by atoms with van der Waals surface area (Å²) >= 11 is 6.10. The lowest BCUT2D eigenvalue weighted by molar-refractivity contribution is 0.0935. The van der Waals surface area contributed by atoms with Crippen LogP contribution in [0.25, 0.3) is 11.1 Å². The highest BCUT2D eigenvalue weighted by Gasteiger charge is 2.25. The van der Waals surface area contributed by atoms with Crippen LogP contribution in [0.5, 0.6) is 0 Å². The van der Waals surface area contributed by atoms with Crippen molar-refractivity contribution in [1.82, 2.24) is 19.8 Å². The summed E-state index contributed by atoms with van der Waals surface area (Å²) in [4.78, 5) is 32.7. The number of halogens is 1. The zero-order valence-electron chi connectivity index (χ0n) is 19.4. The van der Waals surface area contributed by atoms with Crippen molar-refractivity contribution in [3.8, 4) is 0 Å². The van der Waals surface area contributed by atoms with E-state index in [9.17, 15) is 9.59 Å². The summed E-state index contributed by atoms with van der Waals surface area (Å²) < 4.78 is 7.18. The number of likely N-dealkylation sites (tertiary alicyclic amines) is 1. The Morgan fingerprint density at radius 3 is 2.76 bits per heavy atom. The van der Waals surface area contributed by atoms with Gasteiger partial charge in [0.15, 0.2) is 0 Å². The van der Waals surface area contributed by atoms with Crippen LogP contribution in [0.15, 0.2) is 39.8 Å². The third-order valence-electron chi connectivity index (χ3n) is 6.20. The molecule has 1 fully saturated rings. The molecule has 33 heavy (non-hydrogen) atoms. The van der Waals surface area contributed by atoms with Crippen molar-refractivity contribution in [2.45, 2.75) is 46.7 Å². The molecule has 2 aromatic heterocycles. The first-order valence-corrected chi connectivity index (χ1v) is 11.9. The number of aromatic nitrogens is 2. The average Bonchev–Trinajstić information content (AvgIpc) is 3.11. The Morgan fingerprint density at radius 2 is 2.06 bits per heavy atom. The summed E-state index contributed by atoms with van der Waals surface area (Å²) in [6, 6.07) is 7.98. The van der Waals surface area contributed by atoms with Gasteiger partial charge in [0.2, 0.25) is 5.71 Å². The molecule has 0 saturated carbocycles. The molecule has 1 aromatic carbocycles. The Balaban J connectivity index is 1.37. The topological polar surface area (TPSA) is 80.4 Å². The van der Waals surface area contributed by atoms with Gasteiger partial charge in [0.1, 0.15) is 17.5 Å². The first kappa shape index (κ1) is 23.5. The molecular weight excluding hydrogens is 440 g/mol. The van der Waals surface area contributed by atoms with Gasteiger partial charge in [-0.2, -0.15) is 0 Å². The molecule has 1 N–H and O–H groups in total. The van der Waals surface area contributed by atoms with E-state index in [-0.39, 0.29) is 28.5 Å². The number of furan rings is 1. The van der Waals surface area contributed by atoms with E-state index in [4.69, 9.17) is 16.0 Å². The van der Waals surface area contributed by atoms with Gasteiger partial charge < -0.3 is 9.73 Å². The van der Waals surface area contributed by atoms with Crippen molar-refractivity contribution < 1.29 is 9.21 Å². The number of carbonyl (C=O) groups excluding carboxylic acids is 1. The standard InChI is InChI=1S/C25H31ClN4O3/c1-16(2)13-30-15-28-24-22(25(30)32)21(17(3)33-24)23(31)27-12-18-7-9-29(10-8-18)14-19-5-4-6-20(26)11-19/h4-6,11,15-16,18H,7-10,12-14H2,1-3H3,(H,27,31). The highest BCUT2D eigenvalue weighted by Crippen LogP contribution is 2.23. The number of benzene rings is 1. The van der Waals surface area contributed by atoms with E-state index in [0.717, 1.165) is 37.5 Å². The summed E-state index contributed by atoms with van der Waals surface area (Å²) in [5.41, 5.74) is 1.51. The molecule has 4 rings (SSSR count). The Hall–Kier alpha value is -2.64. The van der Waals surface area contributed by atoms with Crippen molar-refractivity contribution in [3.63, 3.8) is 0 Å². The van der Waals surface area contributed by atoms with Crippen LogP contribution >= 0.6 is 11.6 Å². The quantitative estimate of drug-likeness (QED) is 0.558. The largest absolute Gasteiger partial charge is 0.442 e. The van der Waals surface area contributed by atoms with E-state index < -0.39 is 0 Å². The summed E-state index contributed by atoms with van der Waals surface area (Å²) in [5, 5.41) is 4.07. The van der Waals surface area contributed by atoms with Crippen molar-refractivity contribution in [2.75, 3.05) is 19.6 Å². The summed E-state index contributed by atoms with van der Waals surface area (Å²) in [6.45, 7) is 9.73. The maximum atomic E-state index is 13.0. The van der Waals surface area contributed by atoms with Gasteiger partial charge in [0, 0.05) is 24.7 Å². The van der Waals surface area contributed by atoms with E-state index in [1.165, 1.54) is 11.9 Å². The minimum Gasteiger partial charge on any atom is -0.442 e. The number of nitrogens with zero attached hydrogens (tertiary/aromatic N) is 3. The van der Waals surface area contributed by atoms with Crippen LogP contribution in [0, 0.1) is 18.8 Å². The molecule has 1 saturated heterocycles. The lowest BCUT2D eigenvalue weighted by Crippen LogP contribution is -2.38. The van der Waals surface area contributed by atoms with Gasteiger partial charge in [0.05, 0.1) is 5.56 Å². The number of carbonyl (C=O) groups is 1. The monoisotopic (exact) mass is 470 g/mol. The maximum absolute atomic E-state index is 13.0. The van der Waals surface area contributed by atoms with E-state index >= 15 is 0 Å². The molecule has 0 unspecified atom stereocenters. The highest BCUT2D eigenvalue weighted by molar-refractivity contribution is 6.30. The Bertz CT molecular complexity index is 1190. The number of rotatable bonds is 7. The van der Waals surface area contributed by atoms with E-state index in [0.29, 0.717) is 30.3 Å². The predicted octanol–water partition coefficient (Wildman–Crippen LogP) is 4.25. The van der Waals surface area contributed by atoms with E-state index in [2.05, 4.69) is 21.3 Å². The van der Waals surface area contributed by atoms with Crippen molar-refractivity contribution in [1.29, 1.82) is 0 Å². The van der Waals surface area contributed by atoms with Gasteiger partial charge in [0.25, 0.3) is 11.5 Å². The number of aryl methyl sites for hydroxylation is 1. The highest BCUT2D eigenvalue weighted by atomic mass is 35.5. The van der Waals surface area contributed by atoms with Gasteiger partial charge in [-0.25, -0.2) is 4.98 Å². The normalized spacial score (nSPS) is 15.4. The van der Waals surface area contributed by atoms with E-state index in [1.54, 1.807) is 11.5 Å². The SMILES string of the molecule is Cc1oc2ncn(CC(C)C)c(=O)c2c1C(=O)NCC1CCN(Cc2cccc(Cl)c2)CC1. The van der Waals surface area contributed by atoms with Crippen LogP contribution in [0.3, 0.4) is 0 Å². The molecule has 176 valence electrons. The van der Waals surface area contributed by atoms with Gasteiger partial charge >= 0.3 is 0 Å². The molecule has 1 aliphatic heterocycles. The molecule has 3 heterocycles. The zero-order chi connectivity index (χ0) is 23.5. The second-order valence-corrected chi connectivity index (χ2v) is 9.81. The first-order chi connectivity index (χ1) is 15.8. The maximum Gasteiger partial charge on any atom is 0.265 e. The molecule has 0 aliphatic carbocycles. The molecule has 0 atom stereocenters. The molecule has 7 nitrogen and oxygen atoms in total. The smallest absolute Gasteiger partial charge is 0.265 e. The number of piperidine rings is 1. The fourth-order valence-corrected chi connectivity index (χ4v) is 4.71. The van der Waals surface area contributed by atoms with Crippen molar-refractivity contribution in [3.05, 3.63) is 62.9 Å². The minimum atomic E-state index is -0.270. The van der Waals surface area contributed by atoms with Gasteiger partial charge in [-0.05, 0) is 62.4 Å². The second kappa shape index (κ2) is 10.1. The van der Waals surface area contributed by atoms with E-state index in [1.807, 2.05) is 32.0 Å². The van der Waals surface area contributed by atoms with Crippen LogP contribution in [0.2, 0.25) is 5.02 Å². The molecule has 8 heteroatoms. The number of fused-ring (bicyclic) bond motifs is 1. The van der Waals surface area contributed by atoms with Crippen LogP contribution in [0.1, 0.15) is 48.4 Å². The first-order valence-electron chi connectivity index (χ1n) is 11.6. The fourth-order valence-electron chi connectivity index (χ4n) is 4.50. The van der Waals surface area contributed by atoms with Crippen LogP contribution in [-0.2, 0) is 13.1 Å². The Kier molecular flexibility index (Phi) is 7.20. The predicted molar refractivity (Wildman–Crippen MR) is 130 cm³/mol. The lowest BCUT2D eigenvalue weighted by Gasteiger charge is -2.32. The van der Waals surface area contributed by atoms with Gasteiger partial charge in [-0.3, -0.25) is 19.1 Å².